The minimum absolute atomic E-state index is 0.0306. The number of benzene rings is 2. The van der Waals surface area contributed by atoms with Crippen LogP contribution in [0.1, 0.15) is 23.1 Å². The SMILES string of the molecule is COc1ccccc1CNC(=O)[C@@H]1CC(=O)N(Cc2ccc(C)cc2)C1. The number of rotatable bonds is 6. The lowest BCUT2D eigenvalue weighted by Crippen LogP contribution is -2.32. The molecule has 1 heterocycles. The first kappa shape index (κ1) is 18.0. The molecule has 2 amide bonds. The van der Waals surface area contributed by atoms with E-state index in [0.717, 1.165) is 16.9 Å². The highest BCUT2D eigenvalue weighted by molar-refractivity contribution is 5.89. The Morgan fingerprint density at radius 3 is 2.65 bits per heavy atom. The Balaban J connectivity index is 1.55. The van der Waals surface area contributed by atoms with Gasteiger partial charge in [0.1, 0.15) is 5.75 Å². The lowest BCUT2D eigenvalue weighted by Gasteiger charge is -2.17. The van der Waals surface area contributed by atoms with Gasteiger partial charge in [0, 0.05) is 31.6 Å². The van der Waals surface area contributed by atoms with Crippen molar-refractivity contribution in [3.05, 3.63) is 65.2 Å². The Bertz CT molecular complexity index is 786. The number of carbonyl (C=O) groups is 2. The molecule has 0 aliphatic carbocycles. The van der Waals surface area contributed by atoms with Crippen LogP contribution in [0.5, 0.6) is 5.75 Å². The van der Waals surface area contributed by atoms with E-state index in [1.807, 2.05) is 55.5 Å². The van der Waals surface area contributed by atoms with Gasteiger partial charge < -0.3 is 15.0 Å². The van der Waals surface area contributed by atoms with Gasteiger partial charge in [-0.15, -0.1) is 0 Å². The van der Waals surface area contributed by atoms with Crippen molar-refractivity contribution in [3.63, 3.8) is 0 Å². The van der Waals surface area contributed by atoms with E-state index in [4.69, 9.17) is 4.74 Å². The van der Waals surface area contributed by atoms with Crippen LogP contribution >= 0.6 is 0 Å². The maximum absolute atomic E-state index is 12.5. The van der Waals surface area contributed by atoms with Crippen molar-refractivity contribution in [2.75, 3.05) is 13.7 Å². The lowest BCUT2D eigenvalue weighted by atomic mass is 10.1. The predicted molar refractivity (Wildman–Crippen MR) is 99.5 cm³/mol. The largest absolute Gasteiger partial charge is 0.496 e. The van der Waals surface area contributed by atoms with Crippen molar-refractivity contribution >= 4 is 11.8 Å². The second-order valence-electron chi connectivity index (χ2n) is 6.69. The molecule has 136 valence electrons. The molecule has 1 aliphatic rings. The molecule has 26 heavy (non-hydrogen) atoms. The first-order valence-electron chi connectivity index (χ1n) is 8.79. The quantitative estimate of drug-likeness (QED) is 0.870. The predicted octanol–water partition coefficient (Wildman–Crippen LogP) is 2.67. The molecule has 2 aromatic carbocycles. The third-order valence-electron chi connectivity index (χ3n) is 4.72. The van der Waals surface area contributed by atoms with E-state index in [0.29, 0.717) is 19.6 Å². The van der Waals surface area contributed by atoms with E-state index in [-0.39, 0.29) is 24.2 Å². The number of hydrogen-bond donors (Lipinski definition) is 1. The number of aryl methyl sites for hydroxylation is 1. The summed E-state index contributed by atoms with van der Waals surface area (Å²) in [7, 11) is 1.61. The number of amides is 2. The standard InChI is InChI=1S/C21H24N2O3/c1-15-7-9-16(10-8-15)13-23-14-18(11-20(23)24)21(25)22-12-17-5-3-4-6-19(17)26-2/h3-10,18H,11-14H2,1-2H3,(H,22,25)/t18-/m1/s1. The molecular formula is C21H24N2O3. The topological polar surface area (TPSA) is 58.6 Å². The number of nitrogens with one attached hydrogen (secondary N) is 1. The van der Waals surface area contributed by atoms with Gasteiger partial charge in [-0.25, -0.2) is 0 Å². The number of methoxy groups -OCH3 is 1. The average molecular weight is 352 g/mol. The minimum Gasteiger partial charge on any atom is -0.496 e. The molecule has 1 fully saturated rings. The van der Waals surface area contributed by atoms with Crippen molar-refractivity contribution in [1.82, 2.24) is 10.2 Å². The number of para-hydroxylation sites is 1. The van der Waals surface area contributed by atoms with Gasteiger partial charge >= 0.3 is 0 Å². The van der Waals surface area contributed by atoms with Crippen molar-refractivity contribution < 1.29 is 14.3 Å². The number of carbonyl (C=O) groups excluding carboxylic acids is 2. The first-order valence-corrected chi connectivity index (χ1v) is 8.79. The normalized spacial score (nSPS) is 16.6. The third kappa shape index (κ3) is 4.23. The number of likely N-dealkylation sites (tertiary alicyclic amines) is 1. The molecule has 3 rings (SSSR count). The van der Waals surface area contributed by atoms with Crippen molar-refractivity contribution in [2.24, 2.45) is 5.92 Å². The zero-order chi connectivity index (χ0) is 18.5. The monoisotopic (exact) mass is 352 g/mol. The lowest BCUT2D eigenvalue weighted by molar-refractivity contribution is -0.129. The van der Waals surface area contributed by atoms with Crippen molar-refractivity contribution in [2.45, 2.75) is 26.4 Å². The average Bonchev–Trinajstić information content (AvgIpc) is 3.02. The van der Waals surface area contributed by atoms with Crippen LogP contribution in [0.4, 0.5) is 0 Å². The van der Waals surface area contributed by atoms with Crippen LogP contribution in [-0.2, 0) is 22.7 Å². The molecular weight excluding hydrogens is 328 g/mol. The summed E-state index contributed by atoms with van der Waals surface area (Å²) < 4.78 is 5.30. The van der Waals surface area contributed by atoms with Crippen molar-refractivity contribution in [3.8, 4) is 5.75 Å². The summed E-state index contributed by atoms with van der Waals surface area (Å²) in [5.74, 6) is 0.387. The van der Waals surface area contributed by atoms with Crippen LogP contribution in [0.25, 0.3) is 0 Å². The fraction of sp³-hybridized carbons (Fsp3) is 0.333. The van der Waals surface area contributed by atoms with Gasteiger partial charge in [-0.1, -0.05) is 48.0 Å². The molecule has 0 bridgehead atoms. The maximum Gasteiger partial charge on any atom is 0.225 e. The summed E-state index contributed by atoms with van der Waals surface area (Å²) in [4.78, 5) is 26.5. The second-order valence-corrected chi connectivity index (χ2v) is 6.69. The Kier molecular flexibility index (Phi) is 5.56. The molecule has 0 spiro atoms. The van der Waals surface area contributed by atoms with Crippen LogP contribution in [0, 0.1) is 12.8 Å². The third-order valence-corrected chi connectivity index (χ3v) is 4.72. The zero-order valence-electron chi connectivity index (χ0n) is 15.2. The van der Waals surface area contributed by atoms with Crippen LogP contribution in [0.15, 0.2) is 48.5 Å². The van der Waals surface area contributed by atoms with Crippen molar-refractivity contribution in [1.29, 1.82) is 0 Å². The van der Waals surface area contributed by atoms with Crippen LogP contribution < -0.4 is 10.1 Å². The summed E-state index contributed by atoms with van der Waals surface area (Å²) in [6.07, 6.45) is 0.267. The van der Waals surface area contributed by atoms with E-state index in [1.54, 1.807) is 12.0 Å². The van der Waals surface area contributed by atoms with E-state index in [2.05, 4.69) is 5.32 Å². The first-order chi connectivity index (χ1) is 12.6. The molecule has 0 aromatic heterocycles. The number of hydrogen-bond acceptors (Lipinski definition) is 3. The molecule has 5 nitrogen and oxygen atoms in total. The molecule has 2 aromatic rings. The molecule has 1 aliphatic heterocycles. The Labute approximate surface area is 154 Å². The maximum atomic E-state index is 12.5. The van der Waals surface area contributed by atoms with E-state index in [9.17, 15) is 9.59 Å². The zero-order valence-corrected chi connectivity index (χ0v) is 15.2. The Hall–Kier alpha value is -2.82. The summed E-state index contributed by atoms with van der Waals surface area (Å²) in [5.41, 5.74) is 3.19. The fourth-order valence-electron chi connectivity index (χ4n) is 3.19. The van der Waals surface area contributed by atoms with Gasteiger partial charge in [-0.05, 0) is 18.6 Å². The van der Waals surface area contributed by atoms with E-state index in [1.165, 1.54) is 5.56 Å². The smallest absolute Gasteiger partial charge is 0.225 e. The molecule has 0 unspecified atom stereocenters. The van der Waals surface area contributed by atoms with Gasteiger partial charge in [0.25, 0.3) is 0 Å². The summed E-state index contributed by atoms with van der Waals surface area (Å²) in [5, 5.41) is 2.93. The highest BCUT2D eigenvalue weighted by atomic mass is 16.5. The van der Waals surface area contributed by atoms with Gasteiger partial charge in [0.15, 0.2) is 0 Å². The van der Waals surface area contributed by atoms with Gasteiger partial charge in [0.05, 0.1) is 13.0 Å². The minimum atomic E-state index is -0.303. The fourth-order valence-corrected chi connectivity index (χ4v) is 3.19. The van der Waals surface area contributed by atoms with Crippen LogP contribution in [0.3, 0.4) is 0 Å². The number of ether oxygens (including phenoxy) is 1. The molecule has 5 heteroatoms. The molecule has 1 saturated heterocycles. The second kappa shape index (κ2) is 8.04. The summed E-state index contributed by atoms with van der Waals surface area (Å²) in [6, 6.07) is 15.7. The summed E-state index contributed by atoms with van der Waals surface area (Å²) >= 11 is 0. The van der Waals surface area contributed by atoms with E-state index >= 15 is 0 Å². The Morgan fingerprint density at radius 2 is 1.92 bits per heavy atom. The van der Waals surface area contributed by atoms with Gasteiger partial charge in [0.2, 0.25) is 11.8 Å². The van der Waals surface area contributed by atoms with Gasteiger partial charge in [-0.3, -0.25) is 9.59 Å². The van der Waals surface area contributed by atoms with Crippen LogP contribution in [-0.4, -0.2) is 30.4 Å². The molecule has 0 saturated carbocycles. The molecule has 1 atom stereocenters. The molecule has 1 N–H and O–H groups in total. The van der Waals surface area contributed by atoms with Crippen LogP contribution in [0.2, 0.25) is 0 Å². The highest BCUT2D eigenvalue weighted by Crippen LogP contribution is 2.22. The number of nitrogens with zero attached hydrogens (tertiary/aromatic N) is 1. The Morgan fingerprint density at radius 1 is 1.19 bits per heavy atom. The highest BCUT2D eigenvalue weighted by Gasteiger charge is 2.34. The molecule has 0 radical (unpaired) electrons. The van der Waals surface area contributed by atoms with E-state index < -0.39 is 0 Å². The summed E-state index contributed by atoms with van der Waals surface area (Å²) in [6.45, 7) is 3.44. The van der Waals surface area contributed by atoms with Gasteiger partial charge in [-0.2, -0.15) is 0 Å².